The normalized spacial score (nSPS) is 10.5. The second-order valence-electron chi connectivity index (χ2n) is 3.58. The predicted octanol–water partition coefficient (Wildman–Crippen LogP) is 4.37. The molecule has 2 rings (SSSR count). The van der Waals surface area contributed by atoms with Crippen LogP contribution in [0.3, 0.4) is 0 Å². The van der Waals surface area contributed by atoms with E-state index in [0.29, 0.717) is 11.8 Å². The molecule has 0 saturated heterocycles. The molecule has 0 bridgehead atoms. The first-order chi connectivity index (χ1) is 8.24. The molecule has 4 heteroatoms. The minimum absolute atomic E-state index is 0.260. The first-order valence-electron chi connectivity index (χ1n) is 5.11. The molecule has 0 aliphatic rings. The highest BCUT2D eigenvalue weighted by Crippen LogP contribution is 2.21. The maximum Gasteiger partial charge on any atom is 0.123 e. The largest absolute Gasteiger partial charge is 0.251 e. The van der Waals surface area contributed by atoms with Crippen molar-refractivity contribution in [2.45, 2.75) is 11.8 Å². The summed E-state index contributed by atoms with van der Waals surface area (Å²) in [5, 5.41) is 0. The van der Waals surface area contributed by atoms with Crippen LogP contribution < -0.4 is 0 Å². The summed E-state index contributed by atoms with van der Waals surface area (Å²) in [5.74, 6) is 0.444. The number of benzene rings is 1. The molecule has 2 aromatic rings. The Morgan fingerprint density at radius 2 is 1.65 bits per heavy atom. The van der Waals surface area contributed by atoms with Crippen molar-refractivity contribution in [2.75, 3.05) is 0 Å². The zero-order chi connectivity index (χ0) is 12.3. The Bertz CT molecular complexity index is 511. The SMILES string of the molecule is Fc1ccc(-c2ccc(CCl)c(CCl)n2)cc1. The molecule has 88 valence electrons. The van der Waals surface area contributed by atoms with E-state index in [4.69, 9.17) is 23.2 Å². The highest BCUT2D eigenvalue weighted by atomic mass is 35.5. The summed E-state index contributed by atoms with van der Waals surface area (Å²) in [6.45, 7) is 0. The van der Waals surface area contributed by atoms with Gasteiger partial charge >= 0.3 is 0 Å². The van der Waals surface area contributed by atoms with E-state index in [9.17, 15) is 4.39 Å². The van der Waals surface area contributed by atoms with Gasteiger partial charge in [-0.05, 0) is 35.9 Å². The third kappa shape index (κ3) is 2.76. The summed E-state index contributed by atoms with van der Waals surface area (Å²) >= 11 is 11.6. The maximum atomic E-state index is 12.8. The molecule has 0 fully saturated rings. The van der Waals surface area contributed by atoms with Gasteiger partial charge in [-0.3, -0.25) is 4.98 Å². The number of halogens is 3. The van der Waals surface area contributed by atoms with Crippen LogP contribution >= 0.6 is 23.2 Å². The van der Waals surface area contributed by atoms with Crippen LogP contribution in [0.25, 0.3) is 11.3 Å². The number of pyridine rings is 1. The van der Waals surface area contributed by atoms with E-state index in [1.54, 1.807) is 12.1 Å². The Hall–Kier alpha value is -1.12. The van der Waals surface area contributed by atoms with E-state index < -0.39 is 0 Å². The van der Waals surface area contributed by atoms with Gasteiger partial charge in [0.05, 0.1) is 17.3 Å². The molecular weight excluding hydrogens is 260 g/mol. The number of aromatic nitrogens is 1. The molecule has 0 amide bonds. The molecule has 1 heterocycles. The Balaban J connectivity index is 2.42. The van der Waals surface area contributed by atoms with E-state index in [-0.39, 0.29) is 5.82 Å². The van der Waals surface area contributed by atoms with Gasteiger partial charge in [-0.2, -0.15) is 0 Å². The van der Waals surface area contributed by atoms with Crippen LogP contribution in [-0.4, -0.2) is 4.98 Å². The third-order valence-electron chi connectivity index (χ3n) is 2.48. The van der Waals surface area contributed by atoms with Crippen molar-refractivity contribution in [1.82, 2.24) is 4.98 Å². The summed E-state index contributed by atoms with van der Waals surface area (Å²) in [6, 6.07) is 9.96. The molecule has 0 aliphatic heterocycles. The second kappa shape index (κ2) is 5.48. The van der Waals surface area contributed by atoms with Gasteiger partial charge in [-0.25, -0.2) is 4.39 Å². The number of hydrogen-bond donors (Lipinski definition) is 0. The van der Waals surface area contributed by atoms with Gasteiger partial charge in [-0.1, -0.05) is 6.07 Å². The Morgan fingerprint density at radius 1 is 0.941 bits per heavy atom. The molecule has 0 aliphatic carbocycles. The smallest absolute Gasteiger partial charge is 0.123 e. The number of nitrogens with zero attached hydrogens (tertiary/aromatic N) is 1. The molecule has 0 radical (unpaired) electrons. The lowest BCUT2D eigenvalue weighted by Crippen LogP contribution is -1.95. The van der Waals surface area contributed by atoms with Crippen molar-refractivity contribution in [3.8, 4) is 11.3 Å². The van der Waals surface area contributed by atoms with Crippen molar-refractivity contribution in [3.05, 3.63) is 53.5 Å². The number of rotatable bonds is 3. The lowest BCUT2D eigenvalue weighted by atomic mass is 10.1. The summed E-state index contributed by atoms with van der Waals surface area (Å²) in [5.41, 5.74) is 3.32. The first-order valence-corrected chi connectivity index (χ1v) is 6.18. The van der Waals surface area contributed by atoms with Crippen molar-refractivity contribution in [2.24, 2.45) is 0 Å². The molecular formula is C13H10Cl2FN. The quantitative estimate of drug-likeness (QED) is 0.755. The molecule has 1 aromatic carbocycles. The summed E-state index contributed by atoms with van der Waals surface area (Å²) in [4.78, 5) is 4.42. The van der Waals surface area contributed by atoms with Crippen molar-refractivity contribution >= 4 is 23.2 Å². The van der Waals surface area contributed by atoms with Crippen LogP contribution in [0, 0.1) is 5.82 Å². The number of alkyl halides is 2. The molecule has 0 unspecified atom stereocenters. The fraction of sp³-hybridized carbons (Fsp3) is 0.154. The van der Waals surface area contributed by atoms with Gasteiger partial charge in [0.15, 0.2) is 0 Å². The van der Waals surface area contributed by atoms with E-state index >= 15 is 0 Å². The average molecular weight is 270 g/mol. The summed E-state index contributed by atoms with van der Waals surface area (Å²) < 4.78 is 12.8. The van der Waals surface area contributed by atoms with Gasteiger partial charge in [0, 0.05) is 11.4 Å². The maximum absolute atomic E-state index is 12.8. The fourth-order valence-corrected chi connectivity index (χ4v) is 2.02. The van der Waals surface area contributed by atoms with Crippen LogP contribution in [0.1, 0.15) is 11.3 Å². The fourth-order valence-electron chi connectivity index (χ4n) is 1.55. The summed E-state index contributed by atoms with van der Waals surface area (Å²) in [7, 11) is 0. The lowest BCUT2D eigenvalue weighted by Gasteiger charge is -2.06. The predicted molar refractivity (Wildman–Crippen MR) is 68.7 cm³/mol. The minimum atomic E-state index is -0.260. The zero-order valence-corrected chi connectivity index (χ0v) is 10.5. The zero-order valence-electron chi connectivity index (χ0n) is 8.96. The van der Waals surface area contributed by atoms with E-state index in [2.05, 4.69) is 4.98 Å². The van der Waals surface area contributed by atoms with E-state index in [0.717, 1.165) is 22.5 Å². The molecule has 1 nitrogen and oxygen atoms in total. The average Bonchev–Trinajstić information content (AvgIpc) is 2.39. The van der Waals surface area contributed by atoms with Crippen LogP contribution in [0.5, 0.6) is 0 Å². The van der Waals surface area contributed by atoms with Gasteiger partial charge in [-0.15, -0.1) is 23.2 Å². The topological polar surface area (TPSA) is 12.9 Å². The molecule has 0 N–H and O–H groups in total. The van der Waals surface area contributed by atoms with Crippen molar-refractivity contribution < 1.29 is 4.39 Å². The van der Waals surface area contributed by atoms with Gasteiger partial charge in [0.1, 0.15) is 5.82 Å². The highest BCUT2D eigenvalue weighted by molar-refractivity contribution is 6.18. The van der Waals surface area contributed by atoms with Crippen molar-refractivity contribution in [1.29, 1.82) is 0 Å². The highest BCUT2D eigenvalue weighted by Gasteiger charge is 2.06. The van der Waals surface area contributed by atoms with Gasteiger partial charge in [0.2, 0.25) is 0 Å². The second-order valence-corrected chi connectivity index (χ2v) is 4.11. The van der Waals surface area contributed by atoms with E-state index in [1.165, 1.54) is 12.1 Å². The Kier molecular flexibility index (Phi) is 3.97. The van der Waals surface area contributed by atoms with E-state index in [1.807, 2.05) is 12.1 Å². The summed E-state index contributed by atoms with van der Waals surface area (Å²) in [6.07, 6.45) is 0. The van der Waals surface area contributed by atoms with Gasteiger partial charge in [0.25, 0.3) is 0 Å². The molecule has 0 spiro atoms. The Morgan fingerprint density at radius 3 is 2.24 bits per heavy atom. The molecule has 0 atom stereocenters. The molecule has 17 heavy (non-hydrogen) atoms. The molecule has 1 aromatic heterocycles. The first kappa shape index (κ1) is 12.3. The minimum Gasteiger partial charge on any atom is -0.251 e. The lowest BCUT2D eigenvalue weighted by molar-refractivity contribution is 0.628. The van der Waals surface area contributed by atoms with Crippen LogP contribution in [0.2, 0.25) is 0 Å². The monoisotopic (exact) mass is 269 g/mol. The van der Waals surface area contributed by atoms with Crippen LogP contribution in [0.15, 0.2) is 36.4 Å². The van der Waals surface area contributed by atoms with Crippen LogP contribution in [-0.2, 0) is 11.8 Å². The van der Waals surface area contributed by atoms with Crippen LogP contribution in [0.4, 0.5) is 4.39 Å². The standard InChI is InChI=1S/C13H10Cl2FN/c14-7-10-3-6-12(17-13(10)8-15)9-1-4-11(16)5-2-9/h1-6H,7-8H2. The Labute approximate surface area is 109 Å². The van der Waals surface area contributed by atoms with Crippen molar-refractivity contribution in [3.63, 3.8) is 0 Å². The third-order valence-corrected chi connectivity index (χ3v) is 3.02. The molecule has 0 saturated carbocycles. The van der Waals surface area contributed by atoms with Gasteiger partial charge < -0.3 is 0 Å². The number of hydrogen-bond acceptors (Lipinski definition) is 1.